The topological polar surface area (TPSA) is 75.8 Å². The Labute approximate surface area is 92.7 Å². The van der Waals surface area contributed by atoms with Crippen molar-refractivity contribution in [3.8, 4) is 6.07 Å². The van der Waals surface area contributed by atoms with E-state index in [1.807, 2.05) is 13.8 Å². The van der Waals surface area contributed by atoms with Gasteiger partial charge in [-0.2, -0.15) is 10.4 Å². The molecule has 0 aliphatic heterocycles. The first-order chi connectivity index (χ1) is 6.86. The summed E-state index contributed by atoms with van der Waals surface area (Å²) in [6.07, 6.45) is 1.21. The van der Waals surface area contributed by atoms with E-state index in [1.165, 1.54) is 10.9 Å². The molecule has 0 saturated heterocycles. The first-order valence-electron chi connectivity index (χ1n) is 4.27. The van der Waals surface area contributed by atoms with Crippen LogP contribution in [0.15, 0.2) is 11.2 Å². The summed E-state index contributed by atoms with van der Waals surface area (Å²) >= 11 is 0. The van der Waals surface area contributed by atoms with Crippen molar-refractivity contribution in [2.24, 2.45) is 5.92 Å². The highest BCUT2D eigenvalue weighted by Crippen LogP contribution is 2.20. The van der Waals surface area contributed by atoms with Crippen LogP contribution in [0.1, 0.15) is 19.4 Å². The molecule has 0 fully saturated rings. The summed E-state index contributed by atoms with van der Waals surface area (Å²) in [6, 6.07) is 1.75. The lowest BCUT2D eigenvalue weighted by atomic mass is 10.2. The van der Waals surface area contributed by atoms with Crippen molar-refractivity contribution in [3.05, 3.63) is 11.8 Å². The predicted octanol–water partition coefficient (Wildman–Crippen LogP) is 1.34. The largest absolute Gasteiger partial charge is 0.279 e. The highest BCUT2D eigenvalue weighted by atomic mass is 35.7. The molecule has 0 spiro atoms. The molecule has 0 saturated carbocycles. The number of aromatic nitrogens is 2. The molecule has 82 valence electrons. The van der Waals surface area contributed by atoms with Crippen LogP contribution in [0.2, 0.25) is 0 Å². The van der Waals surface area contributed by atoms with Crippen molar-refractivity contribution in [2.75, 3.05) is 0 Å². The van der Waals surface area contributed by atoms with Crippen molar-refractivity contribution in [2.45, 2.75) is 25.4 Å². The van der Waals surface area contributed by atoms with Gasteiger partial charge < -0.3 is 0 Å². The SMILES string of the molecule is CC(C)Cn1ncc(C#N)c1S(=O)(=O)Cl. The van der Waals surface area contributed by atoms with Crippen molar-refractivity contribution < 1.29 is 8.42 Å². The van der Waals surface area contributed by atoms with Crippen LogP contribution in [0.5, 0.6) is 0 Å². The number of rotatable bonds is 3. The minimum atomic E-state index is -3.93. The van der Waals surface area contributed by atoms with E-state index in [0.29, 0.717) is 6.54 Å². The molecule has 1 rings (SSSR count). The van der Waals surface area contributed by atoms with E-state index >= 15 is 0 Å². The molecule has 0 aliphatic carbocycles. The summed E-state index contributed by atoms with van der Waals surface area (Å²) in [5, 5.41) is 12.3. The standard InChI is InChI=1S/C8H10ClN3O2S/c1-6(2)5-12-8(15(9,13)14)7(3-10)4-11-12/h4,6H,5H2,1-2H3. The summed E-state index contributed by atoms with van der Waals surface area (Å²) in [7, 11) is 1.30. The van der Waals surface area contributed by atoms with Gasteiger partial charge in [0.25, 0.3) is 9.05 Å². The Morgan fingerprint density at radius 1 is 1.67 bits per heavy atom. The molecule has 1 aromatic rings. The molecule has 5 nitrogen and oxygen atoms in total. The van der Waals surface area contributed by atoms with Gasteiger partial charge in [-0.1, -0.05) is 13.8 Å². The van der Waals surface area contributed by atoms with Gasteiger partial charge in [-0.3, -0.25) is 4.68 Å². The van der Waals surface area contributed by atoms with Crippen LogP contribution in [0.4, 0.5) is 0 Å². The second-order valence-electron chi connectivity index (χ2n) is 3.49. The summed E-state index contributed by atoms with van der Waals surface area (Å²) in [4.78, 5) is 0. The summed E-state index contributed by atoms with van der Waals surface area (Å²) in [5.74, 6) is 0.216. The van der Waals surface area contributed by atoms with Gasteiger partial charge in [0.05, 0.1) is 6.20 Å². The fraction of sp³-hybridized carbons (Fsp3) is 0.500. The maximum absolute atomic E-state index is 11.2. The fourth-order valence-electron chi connectivity index (χ4n) is 1.18. The van der Waals surface area contributed by atoms with Gasteiger partial charge in [-0.15, -0.1) is 0 Å². The lowest BCUT2D eigenvalue weighted by Crippen LogP contribution is -2.11. The van der Waals surface area contributed by atoms with Crippen molar-refractivity contribution in [1.82, 2.24) is 9.78 Å². The highest BCUT2D eigenvalue weighted by Gasteiger charge is 2.22. The van der Waals surface area contributed by atoms with Gasteiger partial charge in [0.15, 0.2) is 5.03 Å². The number of hydrogen-bond donors (Lipinski definition) is 0. The molecule has 0 atom stereocenters. The number of hydrogen-bond acceptors (Lipinski definition) is 4. The third-order valence-electron chi connectivity index (χ3n) is 1.68. The number of halogens is 1. The van der Waals surface area contributed by atoms with Crippen LogP contribution in [0.3, 0.4) is 0 Å². The quantitative estimate of drug-likeness (QED) is 0.756. The Hall–Kier alpha value is -1.06. The first kappa shape index (κ1) is 12.0. The molecule has 7 heteroatoms. The van der Waals surface area contributed by atoms with Crippen LogP contribution >= 0.6 is 10.7 Å². The van der Waals surface area contributed by atoms with E-state index in [9.17, 15) is 8.42 Å². The third kappa shape index (κ3) is 2.70. The molecule has 0 radical (unpaired) electrons. The van der Waals surface area contributed by atoms with Crippen LogP contribution in [-0.2, 0) is 15.6 Å². The maximum atomic E-state index is 11.2. The second kappa shape index (κ2) is 4.21. The Morgan fingerprint density at radius 3 is 2.67 bits per heavy atom. The summed E-state index contributed by atoms with van der Waals surface area (Å²) in [6.45, 7) is 4.24. The van der Waals surface area contributed by atoms with Crippen LogP contribution in [0, 0.1) is 17.2 Å². The first-order valence-corrected chi connectivity index (χ1v) is 6.57. The molecule has 15 heavy (non-hydrogen) atoms. The normalized spacial score (nSPS) is 11.7. The lowest BCUT2D eigenvalue weighted by Gasteiger charge is -2.07. The molecule has 0 aliphatic rings. The van der Waals surface area contributed by atoms with E-state index in [-0.39, 0.29) is 16.5 Å². The predicted molar refractivity (Wildman–Crippen MR) is 54.8 cm³/mol. The zero-order valence-electron chi connectivity index (χ0n) is 8.31. The van der Waals surface area contributed by atoms with Gasteiger partial charge in [-0.25, -0.2) is 8.42 Å². The van der Waals surface area contributed by atoms with E-state index in [1.54, 1.807) is 6.07 Å². The fourth-order valence-corrected chi connectivity index (χ4v) is 2.41. The maximum Gasteiger partial charge on any atom is 0.279 e. The zero-order valence-corrected chi connectivity index (χ0v) is 9.88. The Balaban J connectivity index is 3.32. The van der Waals surface area contributed by atoms with E-state index in [4.69, 9.17) is 15.9 Å². The number of nitrogens with zero attached hydrogens (tertiary/aromatic N) is 3. The molecular formula is C8H10ClN3O2S. The third-order valence-corrected chi connectivity index (χ3v) is 3.01. The molecule has 1 aromatic heterocycles. The molecule has 0 bridgehead atoms. The van der Waals surface area contributed by atoms with E-state index in [0.717, 1.165) is 0 Å². The highest BCUT2D eigenvalue weighted by molar-refractivity contribution is 8.13. The van der Waals surface area contributed by atoms with E-state index < -0.39 is 9.05 Å². The molecule has 0 aromatic carbocycles. The molecule has 0 N–H and O–H groups in total. The second-order valence-corrected chi connectivity index (χ2v) is 5.97. The molecular weight excluding hydrogens is 238 g/mol. The minimum Gasteiger partial charge on any atom is -0.252 e. The summed E-state index contributed by atoms with van der Waals surface area (Å²) < 4.78 is 23.7. The summed E-state index contributed by atoms with van der Waals surface area (Å²) in [5.41, 5.74) is -0.0225. The Kier molecular flexibility index (Phi) is 3.37. The van der Waals surface area contributed by atoms with Crippen molar-refractivity contribution >= 4 is 19.7 Å². The van der Waals surface area contributed by atoms with Crippen molar-refractivity contribution in [1.29, 1.82) is 5.26 Å². The van der Waals surface area contributed by atoms with Gasteiger partial charge in [0.2, 0.25) is 0 Å². The monoisotopic (exact) mass is 247 g/mol. The van der Waals surface area contributed by atoms with Crippen LogP contribution in [0.25, 0.3) is 0 Å². The smallest absolute Gasteiger partial charge is 0.252 e. The average Bonchev–Trinajstić information content (AvgIpc) is 2.45. The van der Waals surface area contributed by atoms with Gasteiger partial charge in [0.1, 0.15) is 11.6 Å². The average molecular weight is 248 g/mol. The zero-order chi connectivity index (χ0) is 11.6. The van der Waals surface area contributed by atoms with Crippen LogP contribution in [-0.4, -0.2) is 18.2 Å². The molecule has 0 unspecified atom stereocenters. The van der Waals surface area contributed by atoms with E-state index in [2.05, 4.69) is 5.10 Å². The van der Waals surface area contributed by atoms with Gasteiger partial charge in [-0.05, 0) is 5.92 Å². The lowest BCUT2D eigenvalue weighted by molar-refractivity contribution is 0.450. The van der Waals surface area contributed by atoms with Gasteiger partial charge in [0, 0.05) is 17.2 Å². The Morgan fingerprint density at radius 2 is 2.27 bits per heavy atom. The van der Waals surface area contributed by atoms with Gasteiger partial charge >= 0.3 is 0 Å². The molecule has 0 amide bonds. The minimum absolute atomic E-state index is 0.0225. The number of nitriles is 1. The van der Waals surface area contributed by atoms with Crippen molar-refractivity contribution in [3.63, 3.8) is 0 Å². The molecule has 1 heterocycles. The van der Waals surface area contributed by atoms with Crippen LogP contribution < -0.4 is 0 Å². The Bertz CT molecular complexity index is 498.